The fraction of sp³-hybridized carbons (Fsp3) is 0.208. The van der Waals surface area contributed by atoms with Crippen LogP contribution in [0.2, 0.25) is 0 Å². The van der Waals surface area contributed by atoms with Gasteiger partial charge in [0.1, 0.15) is 23.1 Å². The third kappa shape index (κ3) is 3.99. The maximum Gasteiger partial charge on any atom is 0.355 e. The standard InChI is InChI=1S/C24H22FN3O5/c1-13-10-18(31-2)17(11-16(13)25)28-21(24(30)33-4)20(23(29)32-3)19(15(12-26)22(28)27)14-8-6-5-7-9-14/h5-11,19H,27H2,1-4H3. The van der Waals surface area contributed by atoms with Gasteiger partial charge in [0.2, 0.25) is 0 Å². The summed E-state index contributed by atoms with van der Waals surface area (Å²) < 4.78 is 29.9. The number of methoxy groups -OCH3 is 3. The summed E-state index contributed by atoms with van der Waals surface area (Å²) in [6.07, 6.45) is 0. The highest BCUT2D eigenvalue weighted by Gasteiger charge is 2.43. The van der Waals surface area contributed by atoms with Crippen LogP contribution in [0.25, 0.3) is 0 Å². The van der Waals surface area contributed by atoms with Crippen LogP contribution in [0.5, 0.6) is 5.75 Å². The molecule has 0 radical (unpaired) electrons. The Labute approximate surface area is 190 Å². The number of esters is 2. The van der Waals surface area contributed by atoms with Gasteiger partial charge < -0.3 is 19.9 Å². The number of nitrogens with two attached hydrogens (primary N) is 1. The molecular weight excluding hydrogens is 429 g/mol. The number of nitriles is 1. The lowest BCUT2D eigenvalue weighted by Crippen LogP contribution is -2.41. The SMILES string of the molecule is COC(=O)C1=C(C(=O)OC)N(c2cc(F)c(C)cc2OC)C(N)=C(C#N)C1c1ccccc1. The summed E-state index contributed by atoms with van der Waals surface area (Å²) in [6, 6.07) is 13.1. The zero-order valence-corrected chi connectivity index (χ0v) is 18.5. The molecule has 170 valence electrons. The number of hydrogen-bond acceptors (Lipinski definition) is 8. The monoisotopic (exact) mass is 451 g/mol. The van der Waals surface area contributed by atoms with E-state index in [0.717, 1.165) is 25.2 Å². The van der Waals surface area contributed by atoms with Crippen LogP contribution >= 0.6 is 0 Å². The van der Waals surface area contributed by atoms with E-state index in [-0.39, 0.29) is 39.7 Å². The highest BCUT2D eigenvalue weighted by molar-refractivity contribution is 6.06. The van der Waals surface area contributed by atoms with Crippen molar-refractivity contribution in [2.75, 3.05) is 26.2 Å². The van der Waals surface area contributed by atoms with Gasteiger partial charge in [-0.3, -0.25) is 4.90 Å². The normalized spacial score (nSPS) is 15.8. The lowest BCUT2D eigenvalue weighted by Gasteiger charge is -2.36. The smallest absolute Gasteiger partial charge is 0.355 e. The Bertz CT molecular complexity index is 1210. The maximum atomic E-state index is 14.6. The predicted octanol–water partition coefficient (Wildman–Crippen LogP) is 3.04. The number of carbonyl (C=O) groups excluding carboxylic acids is 2. The van der Waals surface area contributed by atoms with Gasteiger partial charge in [0.25, 0.3) is 0 Å². The first-order chi connectivity index (χ1) is 15.8. The molecule has 33 heavy (non-hydrogen) atoms. The molecule has 0 spiro atoms. The van der Waals surface area contributed by atoms with E-state index in [1.807, 2.05) is 6.07 Å². The minimum Gasteiger partial charge on any atom is -0.495 e. The van der Waals surface area contributed by atoms with E-state index in [1.165, 1.54) is 13.2 Å². The largest absolute Gasteiger partial charge is 0.495 e. The van der Waals surface area contributed by atoms with Crippen molar-refractivity contribution in [2.45, 2.75) is 12.8 Å². The number of anilines is 1. The van der Waals surface area contributed by atoms with Crippen LogP contribution in [0.3, 0.4) is 0 Å². The van der Waals surface area contributed by atoms with Crippen LogP contribution in [0, 0.1) is 24.1 Å². The van der Waals surface area contributed by atoms with Crippen molar-refractivity contribution in [1.29, 1.82) is 5.26 Å². The number of hydrogen-bond donors (Lipinski definition) is 1. The van der Waals surface area contributed by atoms with E-state index in [2.05, 4.69) is 0 Å². The van der Waals surface area contributed by atoms with Crippen LogP contribution in [-0.2, 0) is 19.1 Å². The molecule has 0 saturated heterocycles. The fourth-order valence-electron chi connectivity index (χ4n) is 3.75. The zero-order chi connectivity index (χ0) is 24.3. The first-order valence-electron chi connectivity index (χ1n) is 9.80. The van der Waals surface area contributed by atoms with Crippen molar-refractivity contribution in [3.05, 3.63) is 82.1 Å². The molecule has 1 aliphatic heterocycles. The Morgan fingerprint density at radius 2 is 1.73 bits per heavy atom. The van der Waals surface area contributed by atoms with Gasteiger partial charge in [-0.1, -0.05) is 30.3 Å². The van der Waals surface area contributed by atoms with Crippen molar-refractivity contribution in [2.24, 2.45) is 5.73 Å². The van der Waals surface area contributed by atoms with Gasteiger partial charge in [-0.2, -0.15) is 5.26 Å². The van der Waals surface area contributed by atoms with Gasteiger partial charge >= 0.3 is 11.9 Å². The topological polar surface area (TPSA) is 115 Å². The average Bonchev–Trinajstić information content (AvgIpc) is 2.84. The van der Waals surface area contributed by atoms with Crippen LogP contribution in [-0.4, -0.2) is 33.3 Å². The predicted molar refractivity (Wildman–Crippen MR) is 117 cm³/mol. The molecule has 0 amide bonds. The van der Waals surface area contributed by atoms with E-state index in [1.54, 1.807) is 37.3 Å². The van der Waals surface area contributed by atoms with Crippen LogP contribution < -0.4 is 15.4 Å². The second-order valence-corrected chi connectivity index (χ2v) is 7.11. The Hall–Kier alpha value is -4.32. The van der Waals surface area contributed by atoms with Gasteiger partial charge in [0.05, 0.1) is 50.2 Å². The molecule has 2 aromatic rings. The number of allylic oxidation sites excluding steroid dienone is 1. The van der Waals surface area contributed by atoms with Gasteiger partial charge in [0.15, 0.2) is 0 Å². The molecule has 1 heterocycles. The summed E-state index contributed by atoms with van der Waals surface area (Å²) in [5, 5.41) is 10.0. The molecule has 1 atom stereocenters. The number of benzene rings is 2. The molecule has 9 heteroatoms. The summed E-state index contributed by atoms with van der Waals surface area (Å²) in [7, 11) is 3.64. The zero-order valence-electron chi connectivity index (χ0n) is 18.5. The van der Waals surface area contributed by atoms with Crippen molar-refractivity contribution < 1.29 is 28.2 Å². The summed E-state index contributed by atoms with van der Waals surface area (Å²) in [4.78, 5) is 27.1. The number of aryl methyl sites for hydroxylation is 1. The number of carbonyl (C=O) groups is 2. The van der Waals surface area contributed by atoms with Gasteiger partial charge in [-0.25, -0.2) is 14.0 Å². The second-order valence-electron chi connectivity index (χ2n) is 7.11. The Morgan fingerprint density at radius 3 is 2.27 bits per heavy atom. The third-order valence-corrected chi connectivity index (χ3v) is 5.31. The molecule has 8 nitrogen and oxygen atoms in total. The van der Waals surface area contributed by atoms with Crippen molar-refractivity contribution >= 4 is 17.6 Å². The fourth-order valence-corrected chi connectivity index (χ4v) is 3.75. The quantitative estimate of drug-likeness (QED) is 0.690. The highest BCUT2D eigenvalue weighted by Crippen LogP contribution is 2.45. The Morgan fingerprint density at radius 1 is 1.09 bits per heavy atom. The molecule has 1 aliphatic rings. The van der Waals surface area contributed by atoms with Crippen molar-refractivity contribution in [3.63, 3.8) is 0 Å². The number of ether oxygens (including phenoxy) is 3. The van der Waals surface area contributed by atoms with E-state index < -0.39 is 23.7 Å². The summed E-state index contributed by atoms with van der Waals surface area (Å²) >= 11 is 0. The Kier molecular flexibility index (Phi) is 6.68. The lowest BCUT2D eigenvalue weighted by atomic mass is 9.81. The summed E-state index contributed by atoms with van der Waals surface area (Å²) in [6.45, 7) is 1.54. The van der Waals surface area contributed by atoms with Gasteiger partial charge in [-0.15, -0.1) is 0 Å². The van der Waals surface area contributed by atoms with Crippen LogP contribution in [0.1, 0.15) is 17.0 Å². The molecular formula is C24H22FN3O5. The lowest BCUT2D eigenvalue weighted by molar-refractivity contribution is -0.139. The molecule has 0 aromatic heterocycles. The summed E-state index contributed by atoms with van der Waals surface area (Å²) in [5.74, 6) is -3.44. The molecule has 2 aromatic carbocycles. The van der Waals surface area contributed by atoms with E-state index in [9.17, 15) is 19.2 Å². The minimum absolute atomic E-state index is 0.0131. The molecule has 0 saturated carbocycles. The molecule has 0 fully saturated rings. The first-order valence-corrected chi connectivity index (χ1v) is 9.80. The number of halogens is 1. The van der Waals surface area contributed by atoms with E-state index in [0.29, 0.717) is 5.56 Å². The molecule has 1 unspecified atom stereocenters. The molecule has 0 aliphatic carbocycles. The second kappa shape index (κ2) is 9.44. The van der Waals surface area contributed by atoms with E-state index in [4.69, 9.17) is 19.9 Å². The Balaban J connectivity index is 2.47. The highest BCUT2D eigenvalue weighted by atomic mass is 19.1. The average molecular weight is 451 g/mol. The van der Waals surface area contributed by atoms with Crippen LogP contribution in [0.15, 0.2) is 65.1 Å². The summed E-state index contributed by atoms with van der Waals surface area (Å²) in [5.41, 5.74) is 6.72. The van der Waals surface area contributed by atoms with E-state index >= 15 is 0 Å². The number of nitrogens with zero attached hydrogens (tertiary/aromatic N) is 2. The first kappa shape index (κ1) is 23.3. The van der Waals surface area contributed by atoms with Crippen molar-refractivity contribution in [1.82, 2.24) is 0 Å². The van der Waals surface area contributed by atoms with Gasteiger partial charge in [-0.05, 0) is 24.1 Å². The molecule has 0 bridgehead atoms. The number of rotatable bonds is 5. The van der Waals surface area contributed by atoms with Crippen molar-refractivity contribution in [3.8, 4) is 11.8 Å². The third-order valence-electron chi connectivity index (χ3n) is 5.31. The molecule has 3 rings (SSSR count). The van der Waals surface area contributed by atoms with Crippen LogP contribution in [0.4, 0.5) is 10.1 Å². The van der Waals surface area contributed by atoms with Gasteiger partial charge in [0, 0.05) is 6.07 Å². The molecule has 2 N–H and O–H groups in total. The maximum absolute atomic E-state index is 14.6. The minimum atomic E-state index is -1.02.